The Labute approximate surface area is 126 Å². The summed E-state index contributed by atoms with van der Waals surface area (Å²) in [4.78, 5) is 1.38. The molecule has 0 unspecified atom stereocenters. The van der Waals surface area contributed by atoms with Gasteiger partial charge < -0.3 is 45.6 Å². The summed E-state index contributed by atoms with van der Waals surface area (Å²) in [5, 5.41) is 76.9. The highest BCUT2D eigenvalue weighted by atomic mass is 16.6. The van der Waals surface area contributed by atoms with Gasteiger partial charge in [0, 0.05) is 13.1 Å². The monoisotopic (exact) mass is 325 g/mol. The zero-order valence-electron chi connectivity index (χ0n) is 11.8. The summed E-state index contributed by atoms with van der Waals surface area (Å²) >= 11 is 0. The molecule has 0 aromatic carbocycles. The average molecular weight is 325 g/mol. The molecule has 0 radical (unpaired) electrons. The second kappa shape index (κ2) is 7.01. The number of aliphatic hydroxyl groups is 8. The Morgan fingerprint density at radius 2 is 1.45 bits per heavy atom. The van der Waals surface area contributed by atoms with Crippen LogP contribution in [0.4, 0.5) is 0 Å². The topological polar surface area (TPSA) is 174 Å². The smallest absolute Gasteiger partial charge is 0.184 e. The van der Waals surface area contributed by atoms with Crippen LogP contribution in [0.3, 0.4) is 0 Å². The van der Waals surface area contributed by atoms with E-state index in [0.717, 1.165) is 0 Å². The number of hydrogen-bond acceptors (Lipinski definition) is 10. The van der Waals surface area contributed by atoms with E-state index in [0.29, 0.717) is 0 Å². The first-order valence-corrected chi connectivity index (χ1v) is 7.04. The van der Waals surface area contributed by atoms with Crippen LogP contribution in [0.25, 0.3) is 0 Å². The SMILES string of the molecule is OC[C@@H]1[C@@H](O)[C@H](O)[C@@H](O)CN1C[C@H]1O[C@H](O)[C@H](O)[C@@H](O)[C@@H]1O. The fraction of sp³-hybridized carbons (Fsp3) is 1.00. The molecular formula is C12H23NO9. The van der Waals surface area contributed by atoms with Crippen molar-refractivity contribution in [2.24, 2.45) is 0 Å². The van der Waals surface area contributed by atoms with Gasteiger partial charge in [-0.15, -0.1) is 0 Å². The molecule has 10 nitrogen and oxygen atoms in total. The molecule has 130 valence electrons. The second-order valence-corrected chi connectivity index (χ2v) is 5.79. The minimum atomic E-state index is -1.69. The number of rotatable bonds is 3. The van der Waals surface area contributed by atoms with Gasteiger partial charge in [0.15, 0.2) is 6.29 Å². The number of likely N-dealkylation sites (tertiary alicyclic amines) is 1. The molecule has 2 aliphatic rings. The van der Waals surface area contributed by atoms with Gasteiger partial charge in [-0.3, -0.25) is 4.90 Å². The number of nitrogens with zero attached hydrogens (tertiary/aromatic N) is 1. The van der Waals surface area contributed by atoms with Crippen LogP contribution in [0.1, 0.15) is 0 Å². The Bertz CT molecular complexity index is 373. The molecule has 2 heterocycles. The highest BCUT2D eigenvalue weighted by Crippen LogP contribution is 2.24. The van der Waals surface area contributed by atoms with Gasteiger partial charge in [-0.1, -0.05) is 0 Å². The normalized spacial score (nSPS) is 51.0. The Balaban J connectivity index is 2.08. The van der Waals surface area contributed by atoms with Crippen LogP contribution in [0.5, 0.6) is 0 Å². The van der Waals surface area contributed by atoms with Crippen LogP contribution in [-0.2, 0) is 4.74 Å². The van der Waals surface area contributed by atoms with E-state index in [1.54, 1.807) is 0 Å². The minimum absolute atomic E-state index is 0.106. The van der Waals surface area contributed by atoms with Crippen molar-refractivity contribution < 1.29 is 45.6 Å². The van der Waals surface area contributed by atoms with Gasteiger partial charge in [0.25, 0.3) is 0 Å². The lowest BCUT2D eigenvalue weighted by molar-refractivity contribution is -0.286. The predicted molar refractivity (Wildman–Crippen MR) is 69.4 cm³/mol. The van der Waals surface area contributed by atoms with Crippen molar-refractivity contribution in [1.29, 1.82) is 0 Å². The van der Waals surface area contributed by atoms with E-state index in [2.05, 4.69) is 0 Å². The highest BCUT2D eigenvalue weighted by molar-refractivity contribution is 4.97. The Morgan fingerprint density at radius 1 is 0.818 bits per heavy atom. The lowest BCUT2D eigenvalue weighted by Crippen LogP contribution is -2.66. The van der Waals surface area contributed by atoms with E-state index in [-0.39, 0.29) is 13.1 Å². The molecule has 0 aliphatic carbocycles. The summed E-state index contributed by atoms with van der Waals surface area (Å²) < 4.78 is 5.02. The zero-order chi connectivity index (χ0) is 16.6. The average Bonchev–Trinajstić information content (AvgIpc) is 2.48. The van der Waals surface area contributed by atoms with Crippen molar-refractivity contribution in [3.8, 4) is 0 Å². The Morgan fingerprint density at radius 3 is 2.05 bits per heavy atom. The first kappa shape index (κ1) is 17.9. The molecule has 9 atom stereocenters. The van der Waals surface area contributed by atoms with Crippen LogP contribution >= 0.6 is 0 Å². The van der Waals surface area contributed by atoms with E-state index in [1.807, 2.05) is 0 Å². The summed E-state index contributed by atoms with van der Waals surface area (Å²) in [5.74, 6) is 0. The lowest BCUT2D eigenvalue weighted by atomic mass is 9.92. The van der Waals surface area contributed by atoms with Gasteiger partial charge >= 0.3 is 0 Å². The van der Waals surface area contributed by atoms with Crippen LogP contribution in [0.2, 0.25) is 0 Å². The largest absolute Gasteiger partial charge is 0.395 e. The number of ether oxygens (including phenoxy) is 1. The molecule has 0 amide bonds. The maximum absolute atomic E-state index is 9.89. The van der Waals surface area contributed by atoms with Crippen molar-refractivity contribution in [2.45, 2.75) is 55.1 Å². The fourth-order valence-corrected chi connectivity index (χ4v) is 2.90. The van der Waals surface area contributed by atoms with E-state index in [4.69, 9.17) is 4.74 Å². The van der Waals surface area contributed by atoms with Crippen molar-refractivity contribution in [1.82, 2.24) is 4.90 Å². The number of β-amino-alcohol motifs (C(OH)–C–C–N with tert-alkyl or cyclic N) is 1. The van der Waals surface area contributed by atoms with Crippen LogP contribution in [0.15, 0.2) is 0 Å². The van der Waals surface area contributed by atoms with Crippen LogP contribution in [-0.4, -0.2) is 121 Å². The summed E-state index contributed by atoms with van der Waals surface area (Å²) in [6.45, 7) is -0.764. The number of hydrogen-bond donors (Lipinski definition) is 8. The number of aliphatic hydroxyl groups excluding tert-OH is 8. The van der Waals surface area contributed by atoms with Gasteiger partial charge in [0.05, 0.1) is 18.8 Å². The highest BCUT2D eigenvalue weighted by Gasteiger charge is 2.47. The van der Waals surface area contributed by atoms with Crippen LogP contribution < -0.4 is 0 Å². The fourth-order valence-electron chi connectivity index (χ4n) is 2.90. The lowest BCUT2D eigenvalue weighted by Gasteiger charge is -2.46. The zero-order valence-corrected chi connectivity index (χ0v) is 11.8. The van der Waals surface area contributed by atoms with Crippen molar-refractivity contribution >= 4 is 0 Å². The molecule has 0 aromatic rings. The van der Waals surface area contributed by atoms with Crippen LogP contribution in [0, 0.1) is 0 Å². The third-order valence-corrected chi connectivity index (χ3v) is 4.32. The molecule has 0 aromatic heterocycles. The molecule has 2 rings (SSSR count). The Hall–Kier alpha value is -0.400. The summed E-state index contributed by atoms with van der Waals surface area (Å²) in [6, 6.07) is -0.907. The van der Waals surface area contributed by atoms with Crippen molar-refractivity contribution in [3.63, 3.8) is 0 Å². The van der Waals surface area contributed by atoms with Gasteiger partial charge in [-0.2, -0.15) is 0 Å². The number of piperidine rings is 1. The standard InChI is InChI=1S/C12H23NO9/c14-3-4-7(16)8(17)5(15)1-13(4)2-6-9(18)10(19)11(20)12(21)22-6/h4-12,14-21H,1-3H2/t4-,5+,6-,7-,8-,9-,10+,11-,12+/m1/s1. The molecule has 2 saturated heterocycles. The molecule has 8 N–H and O–H groups in total. The van der Waals surface area contributed by atoms with Gasteiger partial charge in [0.2, 0.25) is 0 Å². The van der Waals surface area contributed by atoms with E-state index >= 15 is 0 Å². The third kappa shape index (κ3) is 3.26. The molecule has 2 fully saturated rings. The van der Waals surface area contributed by atoms with Gasteiger partial charge in [0.1, 0.15) is 36.6 Å². The summed E-state index contributed by atoms with van der Waals surface area (Å²) in [6.07, 6.45) is -11.7. The molecule has 0 saturated carbocycles. The predicted octanol–water partition coefficient (Wildman–Crippen LogP) is -5.45. The molecule has 0 bridgehead atoms. The third-order valence-electron chi connectivity index (χ3n) is 4.32. The minimum Gasteiger partial charge on any atom is -0.395 e. The molecule has 22 heavy (non-hydrogen) atoms. The quantitative estimate of drug-likeness (QED) is 0.250. The maximum atomic E-state index is 9.89. The van der Waals surface area contributed by atoms with Crippen molar-refractivity contribution in [2.75, 3.05) is 19.7 Å². The molecule has 2 aliphatic heterocycles. The van der Waals surface area contributed by atoms with Gasteiger partial charge in [-0.05, 0) is 0 Å². The molecule has 0 spiro atoms. The molecular weight excluding hydrogens is 302 g/mol. The van der Waals surface area contributed by atoms with E-state index in [9.17, 15) is 40.9 Å². The van der Waals surface area contributed by atoms with E-state index < -0.39 is 61.7 Å². The van der Waals surface area contributed by atoms with Gasteiger partial charge in [-0.25, -0.2) is 0 Å². The van der Waals surface area contributed by atoms with Crippen molar-refractivity contribution in [3.05, 3.63) is 0 Å². The first-order chi connectivity index (χ1) is 10.3. The van der Waals surface area contributed by atoms with E-state index in [1.165, 1.54) is 4.90 Å². The first-order valence-electron chi connectivity index (χ1n) is 7.04. The summed E-state index contributed by atoms with van der Waals surface area (Å²) in [5.41, 5.74) is 0. The second-order valence-electron chi connectivity index (χ2n) is 5.79. The maximum Gasteiger partial charge on any atom is 0.184 e. The summed E-state index contributed by atoms with van der Waals surface area (Å²) in [7, 11) is 0. The Kier molecular flexibility index (Phi) is 5.72. The molecule has 10 heteroatoms.